The first-order chi connectivity index (χ1) is 9.17. The van der Waals surface area contributed by atoms with Gasteiger partial charge in [0.15, 0.2) is 11.5 Å². The summed E-state index contributed by atoms with van der Waals surface area (Å²) in [5.41, 5.74) is 1.18. The van der Waals surface area contributed by atoms with Crippen molar-refractivity contribution in [1.29, 1.82) is 0 Å². The van der Waals surface area contributed by atoms with Crippen LogP contribution in [0.15, 0.2) is 18.2 Å². The van der Waals surface area contributed by atoms with E-state index in [2.05, 4.69) is 32.2 Å². The Morgan fingerprint density at radius 2 is 1.89 bits per heavy atom. The lowest BCUT2D eigenvalue weighted by molar-refractivity contribution is 0.338. The average Bonchev–Trinajstić information content (AvgIpc) is 2.45. The highest BCUT2D eigenvalue weighted by Gasteiger charge is 2.19. The van der Waals surface area contributed by atoms with Crippen LogP contribution in [-0.2, 0) is 0 Å². The Balaban J connectivity index is 3.07. The molecule has 2 atom stereocenters. The molecule has 0 aliphatic heterocycles. The van der Waals surface area contributed by atoms with Gasteiger partial charge in [0, 0.05) is 11.6 Å². The molecule has 0 aliphatic carbocycles. The minimum atomic E-state index is 0.310. The van der Waals surface area contributed by atoms with E-state index in [0.29, 0.717) is 12.0 Å². The summed E-state index contributed by atoms with van der Waals surface area (Å²) in [6, 6.07) is 6.40. The molecule has 0 aliphatic rings. The fourth-order valence-corrected chi connectivity index (χ4v) is 2.32. The molecule has 3 heteroatoms. The number of rotatable bonds is 8. The molecule has 0 saturated carbocycles. The highest BCUT2D eigenvalue weighted by molar-refractivity contribution is 5.48. The van der Waals surface area contributed by atoms with Gasteiger partial charge in [0.2, 0.25) is 0 Å². The van der Waals surface area contributed by atoms with Gasteiger partial charge in [-0.25, -0.2) is 0 Å². The van der Waals surface area contributed by atoms with Crippen LogP contribution in [-0.4, -0.2) is 20.8 Å². The second kappa shape index (κ2) is 8.05. The summed E-state index contributed by atoms with van der Waals surface area (Å²) >= 11 is 0. The Labute approximate surface area is 117 Å². The van der Waals surface area contributed by atoms with Gasteiger partial charge in [0.1, 0.15) is 0 Å². The fraction of sp³-hybridized carbons (Fsp3) is 0.625. The Kier molecular flexibility index (Phi) is 6.71. The molecule has 0 bridgehead atoms. The lowest BCUT2D eigenvalue weighted by atomic mass is 9.93. The summed E-state index contributed by atoms with van der Waals surface area (Å²) in [7, 11) is 3.38. The van der Waals surface area contributed by atoms with Gasteiger partial charge in [-0.05, 0) is 24.9 Å². The third-order valence-corrected chi connectivity index (χ3v) is 3.59. The Morgan fingerprint density at radius 1 is 1.16 bits per heavy atom. The maximum atomic E-state index is 5.54. The first-order valence-electron chi connectivity index (χ1n) is 7.12. The number of benzene rings is 1. The van der Waals surface area contributed by atoms with E-state index in [0.717, 1.165) is 24.5 Å². The molecule has 1 aromatic carbocycles. The number of ether oxygens (including phenoxy) is 2. The van der Waals surface area contributed by atoms with Crippen molar-refractivity contribution in [3.8, 4) is 11.5 Å². The molecule has 108 valence electrons. The van der Waals surface area contributed by atoms with E-state index in [1.54, 1.807) is 14.2 Å². The molecular weight excluding hydrogens is 238 g/mol. The van der Waals surface area contributed by atoms with Crippen LogP contribution in [0.4, 0.5) is 0 Å². The number of methoxy groups -OCH3 is 2. The molecule has 0 radical (unpaired) electrons. The predicted octanol–water partition coefficient (Wildman–Crippen LogP) is 3.79. The zero-order valence-corrected chi connectivity index (χ0v) is 12.8. The summed E-state index contributed by atoms with van der Waals surface area (Å²) in [6.07, 6.45) is 2.29. The fourth-order valence-electron chi connectivity index (χ4n) is 2.32. The molecule has 0 aromatic heterocycles. The molecule has 0 saturated heterocycles. The van der Waals surface area contributed by atoms with Crippen molar-refractivity contribution in [3.05, 3.63) is 23.8 Å². The van der Waals surface area contributed by atoms with E-state index in [-0.39, 0.29) is 0 Å². The van der Waals surface area contributed by atoms with Crippen LogP contribution < -0.4 is 14.8 Å². The molecule has 19 heavy (non-hydrogen) atoms. The molecule has 2 unspecified atom stereocenters. The van der Waals surface area contributed by atoms with E-state index in [4.69, 9.17) is 9.47 Å². The van der Waals surface area contributed by atoms with Crippen LogP contribution in [0.5, 0.6) is 11.5 Å². The maximum Gasteiger partial charge on any atom is 0.165 e. The van der Waals surface area contributed by atoms with Crippen molar-refractivity contribution in [2.24, 2.45) is 5.92 Å². The lowest BCUT2D eigenvalue weighted by Crippen LogP contribution is -2.23. The van der Waals surface area contributed by atoms with Crippen LogP contribution >= 0.6 is 0 Å². The Bertz CT molecular complexity index is 379. The van der Waals surface area contributed by atoms with Gasteiger partial charge in [-0.2, -0.15) is 0 Å². The highest BCUT2D eigenvalue weighted by atomic mass is 16.5. The molecule has 1 N–H and O–H groups in total. The van der Waals surface area contributed by atoms with Gasteiger partial charge in [0.25, 0.3) is 0 Å². The monoisotopic (exact) mass is 265 g/mol. The summed E-state index contributed by atoms with van der Waals surface area (Å²) in [6.45, 7) is 7.60. The quantitative estimate of drug-likeness (QED) is 0.775. The zero-order chi connectivity index (χ0) is 14.3. The van der Waals surface area contributed by atoms with E-state index in [1.165, 1.54) is 12.0 Å². The summed E-state index contributed by atoms with van der Waals surface area (Å²) in [5.74, 6) is 2.33. The number of nitrogens with one attached hydrogen (secondary N) is 1. The summed E-state index contributed by atoms with van der Waals surface area (Å²) in [5, 5.41) is 3.55. The van der Waals surface area contributed by atoms with Gasteiger partial charge in [-0.3, -0.25) is 0 Å². The SMILES string of the molecule is CCNC(CC(C)CC)c1cccc(OC)c1OC. The van der Waals surface area contributed by atoms with E-state index in [1.807, 2.05) is 12.1 Å². The second-order valence-electron chi connectivity index (χ2n) is 4.94. The normalized spacial score (nSPS) is 13.9. The van der Waals surface area contributed by atoms with Crippen LogP contribution in [0, 0.1) is 5.92 Å². The first-order valence-corrected chi connectivity index (χ1v) is 7.12. The molecule has 0 spiro atoms. The molecule has 3 nitrogen and oxygen atoms in total. The van der Waals surface area contributed by atoms with Crippen molar-refractivity contribution in [1.82, 2.24) is 5.32 Å². The van der Waals surface area contributed by atoms with Crippen molar-refractivity contribution in [2.75, 3.05) is 20.8 Å². The van der Waals surface area contributed by atoms with Gasteiger partial charge in [0.05, 0.1) is 14.2 Å². The van der Waals surface area contributed by atoms with Crippen LogP contribution in [0.3, 0.4) is 0 Å². The van der Waals surface area contributed by atoms with Gasteiger partial charge in [-0.1, -0.05) is 39.3 Å². The Hall–Kier alpha value is -1.22. The second-order valence-corrected chi connectivity index (χ2v) is 4.94. The molecule has 0 heterocycles. The topological polar surface area (TPSA) is 30.5 Å². The predicted molar refractivity (Wildman–Crippen MR) is 80.0 cm³/mol. The van der Waals surface area contributed by atoms with Crippen molar-refractivity contribution >= 4 is 0 Å². The van der Waals surface area contributed by atoms with Crippen LogP contribution in [0.25, 0.3) is 0 Å². The van der Waals surface area contributed by atoms with Crippen molar-refractivity contribution in [2.45, 2.75) is 39.7 Å². The minimum Gasteiger partial charge on any atom is -0.493 e. The number of hydrogen-bond acceptors (Lipinski definition) is 3. The molecule has 1 aromatic rings. The molecule has 0 fully saturated rings. The lowest BCUT2D eigenvalue weighted by Gasteiger charge is -2.24. The maximum absolute atomic E-state index is 5.54. The third-order valence-electron chi connectivity index (χ3n) is 3.59. The number of hydrogen-bond donors (Lipinski definition) is 1. The number of para-hydroxylation sites is 1. The zero-order valence-electron chi connectivity index (χ0n) is 12.8. The van der Waals surface area contributed by atoms with Crippen LogP contribution in [0.2, 0.25) is 0 Å². The third kappa shape index (κ3) is 4.13. The molecule has 1 rings (SSSR count). The highest BCUT2D eigenvalue weighted by Crippen LogP contribution is 2.37. The van der Waals surface area contributed by atoms with E-state index in [9.17, 15) is 0 Å². The molecule has 0 amide bonds. The Morgan fingerprint density at radius 3 is 2.42 bits per heavy atom. The summed E-state index contributed by atoms with van der Waals surface area (Å²) in [4.78, 5) is 0. The van der Waals surface area contributed by atoms with Crippen molar-refractivity contribution in [3.63, 3.8) is 0 Å². The smallest absolute Gasteiger partial charge is 0.165 e. The van der Waals surface area contributed by atoms with Gasteiger partial charge < -0.3 is 14.8 Å². The van der Waals surface area contributed by atoms with E-state index >= 15 is 0 Å². The van der Waals surface area contributed by atoms with Crippen LogP contribution in [0.1, 0.15) is 45.2 Å². The van der Waals surface area contributed by atoms with Gasteiger partial charge in [-0.15, -0.1) is 0 Å². The first kappa shape index (κ1) is 15.8. The largest absolute Gasteiger partial charge is 0.493 e. The van der Waals surface area contributed by atoms with Crippen molar-refractivity contribution < 1.29 is 9.47 Å². The summed E-state index contributed by atoms with van der Waals surface area (Å²) < 4.78 is 10.9. The van der Waals surface area contributed by atoms with Gasteiger partial charge >= 0.3 is 0 Å². The molecular formula is C16H27NO2. The standard InChI is InChI=1S/C16H27NO2/c1-6-12(3)11-14(17-7-2)13-9-8-10-15(18-4)16(13)19-5/h8-10,12,14,17H,6-7,11H2,1-5H3. The van der Waals surface area contributed by atoms with E-state index < -0.39 is 0 Å². The average molecular weight is 265 g/mol. The minimum absolute atomic E-state index is 0.310.